The maximum absolute atomic E-state index is 6.02. The van der Waals surface area contributed by atoms with Gasteiger partial charge in [-0.1, -0.05) is 48.3 Å². The van der Waals surface area contributed by atoms with Crippen LogP contribution in [0.5, 0.6) is 0 Å². The number of thiophene rings is 1. The van der Waals surface area contributed by atoms with E-state index in [9.17, 15) is 0 Å². The van der Waals surface area contributed by atoms with Crippen LogP contribution in [-0.4, -0.2) is 0 Å². The van der Waals surface area contributed by atoms with Crippen molar-refractivity contribution in [3.63, 3.8) is 0 Å². The Kier molecular flexibility index (Phi) is 4.83. The van der Waals surface area contributed by atoms with Gasteiger partial charge in [0.2, 0.25) is 0 Å². The Morgan fingerprint density at radius 2 is 1.83 bits per heavy atom. The van der Waals surface area contributed by atoms with Crippen molar-refractivity contribution < 1.29 is 0 Å². The van der Waals surface area contributed by atoms with Crippen molar-refractivity contribution in [2.45, 2.75) is 51.3 Å². The SMILES string of the molecule is CC(C)(C)C1CCC(C(Br)c2ccc(Cl)s2)CC1. The van der Waals surface area contributed by atoms with Gasteiger partial charge in [-0.05, 0) is 55.1 Å². The van der Waals surface area contributed by atoms with Gasteiger partial charge in [0, 0.05) is 4.88 Å². The van der Waals surface area contributed by atoms with E-state index in [1.54, 1.807) is 11.3 Å². The first kappa shape index (κ1) is 14.9. The van der Waals surface area contributed by atoms with Gasteiger partial charge in [0.05, 0.1) is 9.16 Å². The topological polar surface area (TPSA) is 0 Å². The molecule has 0 N–H and O–H groups in total. The van der Waals surface area contributed by atoms with Gasteiger partial charge < -0.3 is 0 Å². The van der Waals surface area contributed by atoms with E-state index in [1.165, 1.54) is 30.6 Å². The van der Waals surface area contributed by atoms with E-state index < -0.39 is 0 Å². The van der Waals surface area contributed by atoms with Crippen molar-refractivity contribution >= 4 is 38.9 Å². The number of alkyl halides is 1. The summed E-state index contributed by atoms with van der Waals surface area (Å²) in [5, 5.41) is 0. The molecular formula is C15H22BrClS. The molecule has 1 aromatic heterocycles. The highest BCUT2D eigenvalue weighted by Gasteiger charge is 2.32. The summed E-state index contributed by atoms with van der Waals surface area (Å²) in [4.78, 5) is 1.88. The molecule has 1 aromatic rings. The van der Waals surface area contributed by atoms with Crippen molar-refractivity contribution in [2.75, 3.05) is 0 Å². The van der Waals surface area contributed by atoms with Crippen LogP contribution in [0.4, 0.5) is 0 Å². The van der Waals surface area contributed by atoms with E-state index in [-0.39, 0.29) is 0 Å². The average Bonchev–Trinajstić information content (AvgIpc) is 2.74. The molecule has 1 fully saturated rings. The third kappa shape index (κ3) is 3.52. The van der Waals surface area contributed by atoms with E-state index in [1.807, 2.05) is 6.07 Å². The van der Waals surface area contributed by atoms with Crippen LogP contribution < -0.4 is 0 Å². The van der Waals surface area contributed by atoms with Crippen LogP contribution in [0.1, 0.15) is 56.2 Å². The van der Waals surface area contributed by atoms with Gasteiger partial charge in [-0.3, -0.25) is 0 Å². The molecule has 0 spiro atoms. The summed E-state index contributed by atoms with van der Waals surface area (Å²) in [6.07, 6.45) is 5.42. The summed E-state index contributed by atoms with van der Waals surface area (Å²) >= 11 is 11.6. The van der Waals surface area contributed by atoms with Crippen molar-refractivity contribution in [3.05, 3.63) is 21.3 Å². The molecule has 0 radical (unpaired) electrons. The van der Waals surface area contributed by atoms with Crippen LogP contribution >= 0.6 is 38.9 Å². The summed E-state index contributed by atoms with van der Waals surface area (Å²) < 4.78 is 0.901. The highest BCUT2D eigenvalue weighted by atomic mass is 79.9. The minimum absolute atomic E-state index is 0.471. The summed E-state index contributed by atoms with van der Waals surface area (Å²) in [7, 11) is 0. The largest absolute Gasteiger partial charge is 0.127 e. The molecule has 18 heavy (non-hydrogen) atoms. The van der Waals surface area contributed by atoms with E-state index in [2.05, 4.69) is 42.8 Å². The second-order valence-corrected chi connectivity index (χ2v) is 9.25. The average molecular weight is 350 g/mol. The molecule has 0 bridgehead atoms. The lowest BCUT2D eigenvalue weighted by Gasteiger charge is -2.38. The fraction of sp³-hybridized carbons (Fsp3) is 0.733. The van der Waals surface area contributed by atoms with E-state index in [0.717, 1.165) is 16.2 Å². The maximum Gasteiger partial charge on any atom is 0.0931 e. The Labute approximate surface area is 128 Å². The molecule has 0 nitrogen and oxygen atoms in total. The third-order valence-corrected chi connectivity index (χ3v) is 7.13. The van der Waals surface area contributed by atoms with Gasteiger partial charge in [0.15, 0.2) is 0 Å². The monoisotopic (exact) mass is 348 g/mol. The smallest absolute Gasteiger partial charge is 0.0931 e. The first-order chi connectivity index (χ1) is 8.38. The van der Waals surface area contributed by atoms with Crippen molar-refractivity contribution in [3.8, 4) is 0 Å². The predicted molar refractivity (Wildman–Crippen MR) is 85.9 cm³/mol. The molecule has 1 heterocycles. The van der Waals surface area contributed by atoms with Crippen LogP contribution in [0.3, 0.4) is 0 Å². The summed E-state index contributed by atoms with van der Waals surface area (Å²) in [6.45, 7) is 7.13. The number of hydrogen-bond acceptors (Lipinski definition) is 1. The first-order valence-electron chi connectivity index (χ1n) is 6.77. The van der Waals surface area contributed by atoms with Crippen LogP contribution in [0.15, 0.2) is 12.1 Å². The van der Waals surface area contributed by atoms with Crippen LogP contribution in [0.25, 0.3) is 0 Å². The molecule has 0 saturated heterocycles. The van der Waals surface area contributed by atoms with Gasteiger partial charge in [-0.15, -0.1) is 11.3 Å². The molecule has 1 atom stereocenters. The van der Waals surface area contributed by atoms with Gasteiger partial charge in [0.1, 0.15) is 0 Å². The van der Waals surface area contributed by atoms with Crippen LogP contribution in [0, 0.1) is 17.3 Å². The number of halogens is 2. The Morgan fingerprint density at radius 1 is 1.22 bits per heavy atom. The summed E-state index contributed by atoms with van der Waals surface area (Å²) in [6, 6.07) is 4.18. The molecule has 3 heteroatoms. The lowest BCUT2D eigenvalue weighted by molar-refractivity contribution is 0.150. The fourth-order valence-corrected chi connectivity index (χ4v) is 5.08. The quantitative estimate of drug-likeness (QED) is 0.522. The molecule has 0 aromatic carbocycles. The molecule has 1 aliphatic carbocycles. The summed E-state index contributed by atoms with van der Waals surface area (Å²) in [5.74, 6) is 1.67. The Bertz CT molecular complexity index is 385. The lowest BCUT2D eigenvalue weighted by atomic mass is 9.69. The molecule has 0 amide bonds. The second-order valence-electron chi connectivity index (χ2n) is 6.52. The molecule has 1 aliphatic rings. The Balaban J connectivity index is 1.94. The first-order valence-corrected chi connectivity index (χ1v) is 8.88. The predicted octanol–water partition coefficient (Wildman–Crippen LogP) is 6.69. The van der Waals surface area contributed by atoms with E-state index in [0.29, 0.717) is 10.2 Å². The van der Waals surface area contributed by atoms with E-state index in [4.69, 9.17) is 11.6 Å². The standard InChI is InChI=1S/C15H22BrClS/c1-15(2,3)11-6-4-10(5-7-11)14(16)12-8-9-13(17)18-12/h8-11,14H,4-7H2,1-3H3. The molecular weight excluding hydrogens is 328 g/mol. The number of hydrogen-bond donors (Lipinski definition) is 0. The van der Waals surface area contributed by atoms with Crippen molar-refractivity contribution in [1.82, 2.24) is 0 Å². The third-order valence-electron chi connectivity index (χ3n) is 4.28. The Morgan fingerprint density at radius 3 is 2.28 bits per heavy atom. The van der Waals surface area contributed by atoms with Crippen molar-refractivity contribution in [1.29, 1.82) is 0 Å². The van der Waals surface area contributed by atoms with Gasteiger partial charge in [0.25, 0.3) is 0 Å². The normalized spacial score (nSPS) is 27.2. The van der Waals surface area contributed by atoms with Crippen LogP contribution in [0.2, 0.25) is 4.34 Å². The minimum atomic E-state index is 0.471. The zero-order valence-electron chi connectivity index (χ0n) is 11.4. The summed E-state index contributed by atoms with van der Waals surface area (Å²) in [5.41, 5.74) is 0.471. The van der Waals surface area contributed by atoms with Crippen LogP contribution in [-0.2, 0) is 0 Å². The van der Waals surface area contributed by atoms with E-state index >= 15 is 0 Å². The molecule has 0 aliphatic heterocycles. The second kappa shape index (κ2) is 5.85. The highest BCUT2D eigenvalue weighted by molar-refractivity contribution is 9.09. The van der Waals surface area contributed by atoms with Gasteiger partial charge in [-0.2, -0.15) is 0 Å². The lowest BCUT2D eigenvalue weighted by Crippen LogP contribution is -2.26. The minimum Gasteiger partial charge on any atom is -0.127 e. The van der Waals surface area contributed by atoms with Gasteiger partial charge in [-0.25, -0.2) is 0 Å². The highest BCUT2D eigenvalue weighted by Crippen LogP contribution is 2.47. The molecule has 1 unspecified atom stereocenters. The van der Waals surface area contributed by atoms with Crippen molar-refractivity contribution in [2.24, 2.45) is 17.3 Å². The van der Waals surface area contributed by atoms with Gasteiger partial charge >= 0.3 is 0 Å². The number of rotatable bonds is 2. The molecule has 102 valence electrons. The molecule has 2 rings (SSSR count). The zero-order chi connectivity index (χ0) is 13.3. The maximum atomic E-state index is 6.02. The fourth-order valence-electron chi connectivity index (χ4n) is 2.99. The zero-order valence-corrected chi connectivity index (χ0v) is 14.5. The molecule has 1 saturated carbocycles. The Hall–Kier alpha value is 0.470.